The molecule has 0 bridgehead atoms. The molecule has 34 heavy (non-hydrogen) atoms. The third kappa shape index (κ3) is 6.85. The Morgan fingerprint density at radius 3 is 2.18 bits per heavy atom. The zero-order valence-electron chi connectivity index (χ0n) is 18.3. The molecule has 0 spiro atoms. The van der Waals surface area contributed by atoms with Gasteiger partial charge >= 0.3 is 6.03 Å². The molecule has 0 fully saturated rings. The number of nitrogens with one attached hydrogen (secondary N) is 3. The Morgan fingerprint density at radius 1 is 0.853 bits per heavy atom. The molecule has 3 aromatic rings. The molecule has 0 aliphatic carbocycles. The molecule has 0 aliphatic rings. The van der Waals surface area contributed by atoms with Crippen LogP contribution in [0.4, 0.5) is 25.0 Å². The van der Waals surface area contributed by atoms with E-state index in [1.807, 2.05) is 25.1 Å². The number of amides is 3. The van der Waals surface area contributed by atoms with Crippen LogP contribution in [0, 0.1) is 11.6 Å². The van der Waals surface area contributed by atoms with Crippen LogP contribution in [0.2, 0.25) is 0 Å². The summed E-state index contributed by atoms with van der Waals surface area (Å²) < 4.78 is 52.0. The van der Waals surface area contributed by atoms with Crippen molar-refractivity contribution in [1.82, 2.24) is 5.32 Å². The molecule has 0 unspecified atom stereocenters. The average molecular weight is 488 g/mol. The Morgan fingerprint density at radius 2 is 1.50 bits per heavy atom. The Bertz CT molecular complexity index is 1310. The molecular weight excluding hydrogens is 464 g/mol. The van der Waals surface area contributed by atoms with Crippen molar-refractivity contribution in [2.75, 3.05) is 17.2 Å². The van der Waals surface area contributed by atoms with E-state index in [-0.39, 0.29) is 17.8 Å². The van der Waals surface area contributed by atoms with Crippen LogP contribution in [0.5, 0.6) is 0 Å². The standard InChI is InChI=1S/C24H23F2N3O4S/c1-2-16-5-3-7-19(11-16)28-23(30)14-27-24(31)29-20-8-4-6-17(12-20)15-34(32,33)22-10-9-18(25)13-21(22)26/h3-13H,2,14-15H2,1H3,(H,28,30)(H2,27,29,31). The Labute approximate surface area is 196 Å². The first-order valence-corrected chi connectivity index (χ1v) is 12.0. The van der Waals surface area contributed by atoms with Crippen LogP contribution in [-0.4, -0.2) is 26.9 Å². The number of urea groups is 1. The minimum atomic E-state index is -4.09. The van der Waals surface area contributed by atoms with E-state index in [0.29, 0.717) is 11.8 Å². The Balaban J connectivity index is 1.57. The Kier molecular flexibility index (Phi) is 7.95. The molecular formula is C24H23F2N3O4S. The van der Waals surface area contributed by atoms with Crippen LogP contribution in [0.1, 0.15) is 18.1 Å². The largest absolute Gasteiger partial charge is 0.329 e. The van der Waals surface area contributed by atoms with Crippen LogP contribution >= 0.6 is 0 Å². The molecule has 178 valence electrons. The third-order valence-corrected chi connectivity index (χ3v) is 6.51. The summed E-state index contributed by atoms with van der Waals surface area (Å²) in [5.41, 5.74) is 2.25. The third-order valence-electron chi connectivity index (χ3n) is 4.80. The number of sulfone groups is 1. The molecule has 0 radical (unpaired) electrons. The first-order valence-electron chi connectivity index (χ1n) is 10.4. The minimum absolute atomic E-state index is 0.278. The zero-order valence-corrected chi connectivity index (χ0v) is 19.1. The lowest BCUT2D eigenvalue weighted by molar-refractivity contribution is -0.115. The van der Waals surface area contributed by atoms with E-state index < -0.39 is 44.1 Å². The van der Waals surface area contributed by atoms with Crippen LogP contribution in [-0.2, 0) is 26.8 Å². The predicted octanol–water partition coefficient (Wildman–Crippen LogP) is 4.26. The lowest BCUT2D eigenvalue weighted by Crippen LogP contribution is -2.35. The van der Waals surface area contributed by atoms with Crippen LogP contribution in [0.25, 0.3) is 0 Å². The van der Waals surface area contributed by atoms with E-state index in [1.165, 1.54) is 24.3 Å². The molecule has 3 N–H and O–H groups in total. The molecule has 0 aliphatic heterocycles. The number of rotatable bonds is 8. The fourth-order valence-corrected chi connectivity index (χ4v) is 4.58. The molecule has 0 heterocycles. The number of hydrogen-bond donors (Lipinski definition) is 3. The van der Waals surface area contributed by atoms with Crippen molar-refractivity contribution in [3.05, 3.63) is 89.5 Å². The van der Waals surface area contributed by atoms with E-state index in [9.17, 15) is 26.8 Å². The van der Waals surface area contributed by atoms with Crippen molar-refractivity contribution in [3.8, 4) is 0 Å². The van der Waals surface area contributed by atoms with E-state index in [2.05, 4.69) is 16.0 Å². The predicted molar refractivity (Wildman–Crippen MR) is 125 cm³/mol. The highest BCUT2D eigenvalue weighted by molar-refractivity contribution is 7.90. The van der Waals surface area contributed by atoms with Crippen molar-refractivity contribution in [2.45, 2.75) is 24.0 Å². The molecule has 0 saturated carbocycles. The zero-order chi connectivity index (χ0) is 24.7. The minimum Gasteiger partial charge on any atom is -0.329 e. The van der Waals surface area contributed by atoms with Gasteiger partial charge < -0.3 is 16.0 Å². The molecule has 7 nitrogen and oxygen atoms in total. The highest BCUT2D eigenvalue weighted by Gasteiger charge is 2.20. The monoisotopic (exact) mass is 487 g/mol. The maximum Gasteiger partial charge on any atom is 0.319 e. The number of halogens is 2. The number of carbonyl (C=O) groups is 2. The quantitative estimate of drug-likeness (QED) is 0.413. The lowest BCUT2D eigenvalue weighted by atomic mass is 10.1. The maximum absolute atomic E-state index is 13.9. The summed E-state index contributed by atoms with van der Waals surface area (Å²) in [5, 5.41) is 7.63. The first kappa shape index (κ1) is 24.8. The van der Waals surface area contributed by atoms with E-state index >= 15 is 0 Å². The molecule has 3 amide bonds. The van der Waals surface area contributed by atoms with Crippen molar-refractivity contribution in [1.29, 1.82) is 0 Å². The molecule has 3 aromatic carbocycles. The van der Waals surface area contributed by atoms with Gasteiger partial charge in [-0.2, -0.15) is 0 Å². The summed E-state index contributed by atoms with van der Waals surface area (Å²) >= 11 is 0. The summed E-state index contributed by atoms with van der Waals surface area (Å²) in [5.74, 6) is -3.01. The smallest absolute Gasteiger partial charge is 0.319 e. The van der Waals surface area contributed by atoms with Crippen molar-refractivity contribution >= 4 is 33.2 Å². The van der Waals surface area contributed by atoms with Crippen LogP contribution in [0.15, 0.2) is 71.6 Å². The summed E-state index contributed by atoms with van der Waals surface area (Å²) in [4.78, 5) is 23.6. The number of aryl methyl sites for hydroxylation is 1. The highest BCUT2D eigenvalue weighted by atomic mass is 32.2. The van der Waals surface area contributed by atoms with Crippen molar-refractivity contribution < 1.29 is 26.8 Å². The van der Waals surface area contributed by atoms with E-state index in [1.54, 1.807) is 6.07 Å². The molecule has 0 aromatic heterocycles. The van der Waals surface area contributed by atoms with Crippen LogP contribution < -0.4 is 16.0 Å². The SMILES string of the molecule is CCc1cccc(NC(=O)CNC(=O)Nc2cccc(CS(=O)(=O)c3ccc(F)cc3F)c2)c1. The van der Waals surface area contributed by atoms with Gasteiger partial charge in [0.05, 0.1) is 12.3 Å². The lowest BCUT2D eigenvalue weighted by Gasteiger charge is -2.11. The topological polar surface area (TPSA) is 104 Å². The second kappa shape index (κ2) is 10.9. The second-order valence-corrected chi connectivity index (χ2v) is 9.40. The van der Waals surface area contributed by atoms with Crippen molar-refractivity contribution in [2.24, 2.45) is 0 Å². The van der Waals surface area contributed by atoms with Gasteiger partial charge in [-0.3, -0.25) is 4.79 Å². The molecule has 3 rings (SSSR count). The second-order valence-electron chi connectivity index (χ2n) is 7.44. The summed E-state index contributed by atoms with van der Waals surface area (Å²) in [6.07, 6.45) is 0.823. The van der Waals surface area contributed by atoms with Crippen LogP contribution in [0.3, 0.4) is 0 Å². The fourth-order valence-electron chi connectivity index (χ4n) is 3.17. The normalized spacial score (nSPS) is 11.0. The van der Waals surface area contributed by atoms with E-state index in [0.717, 1.165) is 24.1 Å². The number of anilines is 2. The van der Waals surface area contributed by atoms with Gasteiger partial charge in [0.1, 0.15) is 16.5 Å². The van der Waals surface area contributed by atoms with Gasteiger partial charge in [0.15, 0.2) is 9.84 Å². The average Bonchev–Trinajstić information content (AvgIpc) is 2.77. The van der Waals surface area contributed by atoms with Gasteiger partial charge in [-0.25, -0.2) is 22.0 Å². The van der Waals surface area contributed by atoms with E-state index in [4.69, 9.17) is 0 Å². The molecule has 0 saturated heterocycles. The summed E-state index contributed by atoms with van der Waals surface area (Å²) in [7, 11) is -4.09. The molecule has 10 heteroatoms. The number of carbonyl (C=O) groups excluding carboxylic acids is 2. The van der Waals surface area contributed by atoms with Gasteiger partial charge in [0.25, 0.3) is 0 Å². The Hall–Kier alpha value is -3.79. The highest BCUT2D eigenvalue weighted by Crippen LogP contribution is 2.22. The van der Waals surface area contributed by atoms with Crippen molar-refractivity contribution in [3.63, 3.8) is 0 Å². The number of hydrogen-bond acceptors (Lipinski definition) is 4. The van der Waals surface area contributed by atoms with Gasteiger partial charge in [-0.15, -0.1) is 0 Å². The fraction of sp³-hybridized carbons (Fsp3) is 0.167. The van der Waals surface area contributed by atoms with Gasteiger partial charge in [0.2, 0.25) is 5.91 Å². The first-order chi connectivity index (χ1) is 16.2. The van der Waals surface area contributed by atoms with Gasteiger partial charge in [0, 0.05) is 17.4 Å². The maximum atomic E-state index is 13.9. The van der Waals surface area contributed by atoms with Gasteiger partial charge in [-0.1, -0.05) is 31.2 Å². The number of benzene rings is 3. The molecule has 0 atom stereocenters. The summed E-state index contributed by atoms with van der Waals surface area (Å²) in [6.45, 7) is 1.72. The van der Waals surface area contributed by atoms with Gasteiger partial charge in [-0.05, 0) is 53.9 Å². The summed E-state index contributed by atoms with van der Waals surface area (Å²) in [6, 6.07) is 14.9.